The number of nitrogens with zero attached hydrogens (tertiary/aromatic N) is 6. The highest BCUT2D eigenvalue weighted by Gasteiger charge is 2.29. The summed E-state index contributed by atoms with van der Waals surface area (Å²) in [6, 6.07) is 5.60. The van der Waals surface area contributed by atoms with E-state index in [0.29, 0.717) is 42.5 Å². The summed E-state index contributed by atoms with van der Waals surface area (Å²) in [4.78, 5) is 18.5. The summed E-state index contributed by atoms with van der Waals surface area (Å²) in [5, 5.41) is 12.1. The number of aryl methyl sites for hydroxylation is 1. The minimum atomic E-state index is -0.358. The van der Waals surface area contributed by atoms with Gasteiger partial charge in [0.2, 0.25) is 0 Å². The quantitative estimate of drug-likeness (QED) is 0.711. The highest BCUT2D eigenvalue weighted by molar-refractivity contribution is 5.94. The number of aromatic nitrogens is 5. The van der Waals surface area contributed by atoms with Crippen LogP contribution in [0.3, 0.4) is 0 Å². The maximum absolute atomic E-state index is 13.0. The zero-order chi connectivity index (χ0) is 18.1. The molecule has 0 saturated carbocycles. The van der Waals surface area contributed by atoms with Crippen LogP contribution in [0, 0.1) is 5.82 Å². The second-order valence-electron chi connectivity index (χ2n) is 6.15. The van der Waals surface area contributed by atoms with Gasteiger partial charge in [0.15, 0.2) is 11.5 Å². The van der Waals surface area contributed by atoms with Gasteiger partial charge in [-0.2, -0.15) is 4.98 Å². The first-order valence-electron chi connectivity index (χ1n) is 8.43. The average Bonchev–Trinajstić information content (AvgIpc) is 3.40. The third-order valence-electron chi connectivity index (χ3n) is 4.43. The number of halogens is 1. The van der Waals surface area contributed by atoms with E-state index in [0.717, 1.165) is 6.42 Å². The Balaban J connectivity index is 1.45. The van der Waals surface area contributed by atoms with Crippen molar-refractivity contribution in [2.75, 3.05) is 13.1 Å². The van der Waals surface area contributed by atoms with Gasteiger partial charge in [-0.15, -0.1) is 5.10 Å². The fourth-order valence-corrected chi connectivity index (χ4v) is 2.97. The molecule has 0 radical (unpaired) electrons. The Morgan fingerprint density at radius 2 is 2.15 bits per heavy atom. The van der Waals surface area contributed by atoms with Crippen molar-refractivity contribution < 1.29 is 13.7 Å². The van der Waals surface area contributed by atoms with E-state index in [9.17, 15) is 9.18 Å². The fraction of sp³-hybridized carbons (Fsp3) is 0.353. The minimum absolute atomic E-state index is 0.0224. The summed E-state index contributed by atoms with van der Waals surface area (Å²) in [6.07, 6.45) is 3.20. The first-order valence-corrected chi connectivity index (χ1v) is 8.43. The van der Waals surface area contributed by atoms with E-state index in [1.54, 1.807) is 15.8 Å². The molecule has 1 saturated heterocycles. The lowest BCUT2D eigenvalue weighted by Crippen LogP contribution is -2.29. The number of amides is 1. The standard InChI is InChI=1S/C17H17FN6O2/c1-2-15-19-16(26-21-15)14-10-24(22-20-14)13-7-8-23(9-13)17(25)11-3-5-12(18)6-4-11/h3-6,10,13H,2,7-9H2,1H3/t13-/m0/s1. The summed E-state index contributed by atoms with van der Waals surface area (Å²) in [7, 11) is 0. The molecule has 3 heterocycles. The van der Waals surface area contributed by atoms with Gasteiger partial charge in [-0.1, -0.05) is 17.3 Å². The largest absolute Gasteiger partial charge is 0.336 e. The first-order chi connectivity index (χ1) is 12.6. The van der Waals surface area contributed by atoms with E-state index in [-0.39, 0.29) is 17.8 Å². The van der Waals surface area contributed by atoms with Crippen molar-refractivity contribution in [3.63, 3.8) is 0 Å². The molecule has 3 aromatic rings. The van der Waals surface area contributed by atoms with E-state index in [2.05, 4.69) is 20.5 Å². The second kappa shape index (κ2) is 6.66. The second-order valence-corrected chi connectivity index (χ2v) is 6.15. The molecule has 0 unspecified atom stereocenters. The highest BCUT2D eigenvalue weighted by Crippen LogP contribution is 2.24. The lowest BCUT2D eigenvalue weighted by Gasteiger charge is -2.16. The lowest BCUT2D eigenvalue weighted by atomic mass is 10.2. The zero-order valence-corrected chi connectivity index (χ0v) is 14.2. The fourth-order valence-electron chi connectivity index (χ4n) is 2.97. The van der Waals surface area contributed by atoms with E-state index in [1.165, 1.54) is 24.3 Å². The van der Waals surface area contributed by atoms with E-state index >= 15 is 0 Å². The molecule has 8 nitrogen and oxygen atoms in total. The number of carbonyl (C=O) groups is 1. The predicted octanol–water partition coefficient (Wildman–Crippen LogP) is 2.12. The van der Waals surface area contributed by atoms with Crippen LogP contribution >= 0.6 is 0 Å². The summed E-state index contributed by atoms with van der Waals surface area (Å²) in [5.74, 6) is 0.484. The van der Waals surface area contributed by atoms with Crippen LogP contribution in [-0.2, 0) is 6.42 Å². The average molecular weight is 356 g/mol. The Bertz CT molecular complexity index is 919. The van der Waals surface area contributed by atoms with Crippen LogP contribution in [0.15, 0.2) is 35.0 Å². The summed E-state index contributed by atoms with van der Waals surface area (Å²) >= 11 is 0. The normalized spacial score (nSPS) is 17.0. The molecular formula is C17H17FN6O2. The number of carbonyl (C=O) groups excluding carboxylic acids is 1. The van der Waals surface area contributed by atoms with Gasteiger partial charge in [0.05, 0.1) is 12.2 Å². The van der Waals surface area contributed by atoms with Gasteiger partial charge < -0.3 is 9.42 Å². The molecule has 0 bridgehead atoms. The van der Waals surface area contributed by atoms with Crippen molar-refractivity contribution in [2.45, 2.75) is 25.8 Å². The molecule has 26 heavy (non-hydrogen) atoms. The Morgan fingerprint density at radius 1 is 1.35 bits per heavy atom. The molecule has 1 aliphatic rings. The van der Waals surface area contributed by atoms with Gasteiger partial charge in [0.1, 0.15) is 5.82 Å². The Labute approximate surface area is 148 Å². The molecular weight excluding hydrogens is 339 g/mol. The molecule has 1 fully saturated rings. The maximum atomic E-state index is 13.0. The number of benzene rings is 1. The van der Waals surface area contributed by atoms with Crippen LogP contribution in [0.4, 0.5) is 4.39 Å². The lowest BCUT2D eigenvalue weighted by molar-refractivity contribution is 0.0787. The van der Waals surface area contributed by atoms with Crippen LogP contribution in [0.5, 0.6) is 0 Å². The summed E-state index contributed by atoms with van der Waals surface area (Å²) in [5.41, 5.74) is 0.991. The molecule has 1 amide bonds. The third kappa shape index (κ3) is 3.07. The molecule has 134 valence electrons. The summed E-state index contributed by atoms with van der Waals surface area (Å²) < 4.78 is 19.9. The van der Waals surface area contributed by atoms with Crippen molar-refractivity contribution in [3.05, 3.63) is 47.7 Å². The van der Waals surface area contributed by atoms with Crippen LogP contribution in [0.2, 0.25) is 0 Å². The molecule has 0 spiro atoms. The van der Waals surface area contributed by atoms with Gasteiger partial charge >= 0.3 is 0 Å². The topological polar surface area (TPSA) is 89.9 Å². The van der Waals surface area contributed by atoms with Gasteiger partial charge in [0.25, 0.3) is 11.8 Å². The Morgan fingerprint density at radius 3 is 2.88 bits per heavy atom. The van der Waals surface area contributed by atoms with Crippen molar-refractivity contribution in [1.29, 1.82) is 0 Å². The van der Waals surface area contributed by atoms with Crippen molar-refractivity contribution in [3.8, 4) is 11.6 Å². The SMILES string of the molecule is CCc1noc(-c2cn([C@H]3CCN(C(=O)c4ccc(F)cc4)C3)nn2)n1. The number of hydrogen-bond acceptors (Lipinski definition) is 6. The van der Waals surface area contributed by atoms with E-state index in [4.69, 9.17) is 4.52 Å². The van der Waals surface area contributed by atoms with Crippen LogP contribution in [0.1, 0.15) is 35.6 Å². The summed E-state index contributed by atoms with van der Waals surface area (Å²) in [6.45, 7) is 3.07. The molecule has 9 heteroatoms. The van der Waals surface area contributed by atoms with Crippen molar-refractivity contribution in [1.82, 2.24) is 30.0 Å². The van der Waals surface area contributed by atoms with Gasteiger partial charge in [-0.3, -0.25) is 4.79 Å². The highest BCUT2D eigenvalue weighted by atomic mass is 19.1. The van der Waals surface area contributed by atoms with Crippen LogP contribution < -0.4 is 0 Å². The molecule has 1 aliphatic heterocycles. The molecule has 1 atom stereocenters. The first kappa shape index (κ1) is 16.4. The Hall–Kier alpha value is -3.10. The number of rotatable bonds is 4. The van der Waals surface area contributed by atoms with Crippen molar-refractivity contribution in [2.24, 2.45) is 0 Å². The monoisotopic (exact) mass is 356 g/mol. The Kier molecular flexibility index (Phi) is 4.19. The molecule has 1 aromatic carbocycles. The third-order valence-corrected chi connectivity index (χ3v) is 4.43. The van der Waals surface area contributed by atoms with Gasteiger partial charge in [0, 0.05) is 25.1 Å². The van der Waals surface area contributed by atoms with Crippen LogP contribution in [0.25, 0.3) is 11.6 Å². The van der Waals surface area contributed by atoms with Gasteiger partial charge in [-0.05, 0) is 30.7 Å². The molecule has 2 aromatic heterocycles. The molecule has 0 N–H and O–H groups in total. The predicted molar refractivity (Wildman–Crippen MR) is 88.6 cm³/mol. The molecule has 4 rings (SSSR count). The van der Waals surface area contributed by atoms with Gasteiger partial charge in [-0.25, -0.2) is 9.07 Å². The smallest absolute Gasteiger partial charge is 0.280 e. The van der Waals surface area contributed by atoms with Crippen LogP contribution in [-0.4, -0.2) is 49.0 Å². The van der Waals surface area contributed by atoms with E-state index < -0.39 is 0 Å². The minimum Gasteiger partial charge on any atom is -0.336 e. The van der Waals surface area contributed by atoms with Crippen molar-refractivity contribution >= 4 is 5.91 Å². The maximum Gasteiger partial charge on any atom is 0.280 e. The molecule has 0 aliphatic carbocycles. The zero-order valence-electron chi connectivity index (χ0n) is 14.2. The number of hydrogen-bond donors (Lipinski definition) is 0. The van der Waals surface area contributed by atoms with E-state index in [1.807, 2.05) is 6.92 Å². The number of likely N-dealkylation sites (tertiary alicyclic amines) is 1.